The molecule has 116 valence electrons. The number of fused-ring (bicyclic) bond motifs is 3. The van der Waals surface area contributed by atoms with E-state index in [1.807, 2.05) is 60.7 Å². The summed E-state index contributed by atoms with van der Waals surface area (Å²) in [5.74, 6) is 0.315. The molecule has 0 atom stereocenters. The smallest absolute Gasteiger partial charge is 0.308 e. The van der Waals surface area contributed by atoms with Gasteiger partial charge in [0, 0.05) is 17.9 Å². The minimum atomic E-state index is -0.312. The summed E-state index contributed by atoms with van der Waals surface area (Å²) in [5, 5.41) is 4.27. The van der Waals surface area contributed by atoms with Gasteiger partial charge in [-0.2, -0.15) is 0 Å². The molecule has 0 aliphatic rings. The minimum Gasteiger partial charge on any atom is -0.425 e. The average Bonchev–Trinajstić information content (AvgIpc) is 2.62. The maximum absolute atomic E-state index is 11.8. The molecule has 2 heteroatoms. The first-order valence-electron chi connectivity index (χ1n) is 7.93. The van der Waals surface area contributed by atoms with Gasteiger partial charge in [0.15, 0.2) is 0 Å². The van der Waals surface area contributed by atoms with Gasteiger partial charge in [-0.3, -0.25) is 4.79 Å². The Balaban J connectivity index is 2.23. The van der Waals surface area contributed by atoms with Crippen molar-refractivity contribution >= 4 is 27.5 Å². The standard InChI is InChI=1S/C22H16O2/c1-15(23)24-22-20-14-8-6-12-18(20)17-11-5-7-13-19(17)21(22)16-9-3-2-4-10-16/h2-14H,1H3. The predicted molar refractivity (Wildman–Crippen MR) is 98.2 cm³/mol. The van der Waals surface area contributed by atoms with Crippen LogP contribution in [-0.2, 0) is 4.79 Å². The number of carbonyl (C=O) groups is 1. The van der Waals surface area contributed by atoms with E-state index in [9.17, 15) is 4.79 Å². The Labute approximate surface area is 140 Å². The van der Waals surface area contributed by atoms with Gasteiger partial charge in [0.1, 0.15) is 5.75 Å². The van der Waals surface area contributed by atoms with Crippen LogP contribution in [-0.4, -0.2) is 5.97 Å². The van der Waals surface area contributed by atoms with E-state index >= 15 is 0 Å². The second kappa shape index (κ2) is 5.82. The van der Waals surface area contributed by atoms with Crippen LogP contribution >= 0.6 is 0 Å². The maximum atomic E-state index is 11.8. The summed E-state index contributed by atoms with van der Waals surface area (Å²) in [4.78, 5) is 11.8. The lowest BCUT2D eigenvalue weighted by Crippen LogP contribution is -2.04. The van der Waals surface area contributed by atoms with Gasteiger partial charge in [-0.1, -0.05) is 78.9 Å². The molecule has 4 aromatic rings. The number of ether oxygens (including phenoxy) is 1. The second-order valence-corrected chi connectivity index (χ2v) is 5.75. The van der Waals surface area contributed by atoms with Crippen LogP contribution in [0, 0.1) is 0 Å². The zero-order valence-electron chi connectivity index (χ0n) is 13.3. The van der Waals surface area contributed by atoms with E-state index in [0.29, 0.717) is 5.75 Å². The van der Waals surface area contributed by atoms with Gasteiger partial charge in [0.05, 0.1) is 0 Å². The molecule has 24 heavy (non-hydrogen) atoms. The molecule has 0 spiro atoms. The van der Waals surface area contributed by atoms with E-state index in [1.54, 1.807) is 0 Å². The molecule has 0 bridgehead atoms. The lowest BCUT2D eigenvalue weighted by atomic mass is 9.92. The predicted octanol–water partition coefficient (Wildman–Crippen LogP) is 5.59. The van der Waals surface area contributed by atoms with Crippen molar-refractivity contribution in [2.75, 3.05) is 0 Å². The molecule has 0 heterocycles. The van der Waals surface area contributed by atoms with E-state index in [0.717, 1.165) is 32.7 Å². The first-order chi connectivity index (χ1) is 11.8. The highest BCUT2D eigenvalue weighted by molar-refractivity contribution is 6.18. The molecule has 4 rings (SSSR count). The van der Waals surface area contributed by atoms with Crippen molar-refractivity contribution in [3.63, 3.8) is 0 Å². The zero-order chi connectivity index (χ0) is 16.5. The van der Waals surface area contributed by atoms with Gasteiger partial charge in [-0.15, -0.1) is 0 Å². The van der Waals surface area contributed by atoms with Gasteiger partial charge >= 0.3 is 5.97 Å². The van der Waals surface area contributed by atoms with Crippen LogP contribution in [0.1, 0.15) is 6.92 Å². The fourth-order valence-electron chi connectivity index (χ4n) is 3.25. The molecule has 0 saturated heterocycles. The first-order valence-corrected chi connectivity index (χ1v) is 7.93. The molecular formula is C22H16O2. The number of benzene rings is 4. The van der Waals surface area contributed by atoms with Gasteiger partial charge in [0.2, 0.25) is 0 Å². The molecule has 0 N–H and O–H groups in total. The Morgan fingerprint density at radius 3 is 1.79 bits per heavy atom. The normalized spacial score (nSPS) is 10.9. The van der Waals surface area contributed by atoms with Crippen molar-refractivity contribution in [1.29, 1.82) is 0 Å². The van der Waals surface area contributed by atoms with Crippen LogP contribution in [0.15, 0.2) is 78.9 Å². The van der Waals surface area contributed by atoms with Crippen molar-refractivity contribution in [1.82, 2.24) is 0 Å². The van der Waals surface area contributed by atoms with E-state index in [-0.39, 0.29) is 5.97 Å². The van der Waals surface area contributed by atoms with Crippen LogP contribution in [0.5, 0.6) is 5.75 Å². The lowest BCUT2D eigenvalue weighted by Gasteiger charge is -2.16. The number of rotatable bonds is 2. The summed E-state index contributed by atoms with van der Waals surface area (Å²) in [5.41, 5.74) is 2.00. The first kappa shape index (κ1) is 14.5. The average molecular weight is 312 g/mol. The number of hydrogen-bond acceptors (Lipinski definition) is 2. The molecule has 4 aromatic carbocycles. The van der Waals surface area contributed by atoms with E-state index in [2.05, 4.69) is 18.2 Å². The molecule has 0 amide bonds. The second-order valence-electron chi connectivity index (χ2n) is 5.75. The van der Waals surface area contributed by atoms with E-state index in [1.165, 1.54) is 6.92 Å². The molecule has 2 nitrogen and oxygen atoms in total. The van der Waals surface area contributed by atoms with Crippen molar-refractivity contribution in [3.8, 4) is 16.9 Å². The molecule has 0 unspecified atom stereocenters. The quantitative estimate of drug-likeness (QED) is 0.274. The zero-order valence-corrected chi connectivity index (χ0v) is 13.3. The van der Waals surface area contributed by atoms with E-state index in [4.69, 9.17) is 4.74 Å². The molecule has 0 aromatic heterocycles. The lowest BCUT2D eigenvalue weighted by molar-refractivity contribution is -0.131. The third-order valence-electron chi connectivity index (χ3n) is 4.19. The third-order valence-corrected chi connectivity index (χ3v) is 4.19. The fraction of sp³-hybridized carbons (Fsp3) is 0.0455. The maximum Gasteiger partial charge on any atom is 0.308 e. The summed E-state index contributed by atoms with van der Waals surface area (Å²) < 4.78 is 5.68. The van der Waals surface area contributed by atoms with Crippen LogP contribution in [0.3, 0.4) is 0 Å². The van der Waals surface area contributed by atoms with Crippen molar-refractivity contribution in [3.05, 3.63) is 78.9 Å². The van der Waals surface area contributed by atoms with Crippen molar-refractivity contribution in [2.24, 2.45) is 0 Å². The Morgan fingerprint density at radius 1 is 0.667 bits per heavy atom. The van der Waals surface area contributed by atoms with Crippen LogP contribution in [0.25, 0.3) is 32.7 Å². The highest BCUT2D eigenvalue weighted by Crippen LogP contribution is 2.43. The molecule has 0 fully saturated rings. The van der Waals surface area contributed by atoms with Crippen molar-refractivity contribution < 1.29 is 9.53 Å². The number of carbonyl (C=O) groups excluding carboxylic acids is 1. The third kappa shape index (κ3) is 2.33. The summed E-state index contributed by atoms with van der Waals surface area (Å²) in [6.45, 7) is 1.44. The Hall–Kier alpha value is -3.13. The number of esters is 1. The highest BCUT2D eigenvalue weighted by atomic mass is 16.5. The topological polar surface area (TPSA) is 26.3 Å². The highest BCUT2D eigenvalue weighted by Gasteiger charge is 2.17. The summed E-state index contributed by atoms with van der Waals surface area (Å²) in [7, 11) is 0. The van der Waals surface area contributed by atoms with Crippen LogP contribution < -0.4 is 4.74 Å². The van der Waals surface area contributed by atoms with Gasteiger partial charge in [0.25, 0.3) is 0 Å². The Kier molecular flexibility index (Phi) is 3.51. The number of hydrogen-bond donors (Lipinski definition) is 0. The molecule has 0 aliphatic carbocycles. The van der Waals surface area contributed by atoms with Gasteiger partial charge < -0.3 is 4.74 Å². The van der Waals surface area contributed by atoms with Crippen molar-refractivity contribution in [2.45, 2.75) is 6.92 Å². The molecule has 0 aliphatic heterocycles. The molecule has 0 saturated carbocycles. The van der Waals surface area contributed by atoms with Crippen LogP contribution in [0.4, 0.5) is 0 Å². The van der Waals surface area contributed by atoms with Gasteiger partial charge in [-0.05, 0) is 21.7 Å². The molecule has 0 radical (unpaired) electrons. The van der Waals surface area contributed by atoms with E-state index < -0.39 is 0 Å². The monoisotopic (exact) mass is 312 g/mol. The summed E-state index contributed by atoms with van der Waals surface area (Å²) in [6, 6.07) is 26.4. The molecular weight excluding hydrogens is 296 g/mol. The van der Waals surface area contributed by atoms with Gasteiger partial charge in [-0.25, -0.2) is 0 Å². The van der Waals surface area contributed by atoms with Crippen LogP contribution in [0.2, 0.25) is 0 Å². The summed E-state index contributed by atoms with van der Waals surface area (Å²) in [6.07, 6.45) is 0. The largest absolute Gasteiger partial charge is 0.425 e. The Bertz CT molecular complexity index is 1050. The Morgan fingerprint density at radius 2 is 1.17 bits per heavy atom. The summed E-state index contributed by atoms with van der Waals surface area (Å²) >= 11 is 0. The SMILES string of the molecule is CC(=O)Oc1c(-c2ccccc2)c2ccccc2c2ccccc12. The minimum absolute atomic E-state index is 0.312. The fourth-order valence-corrected chi connectivity index (χ4v) is 3.25.